The number of hydrogen-bond acceptors (Lipinski definition) is 10. The fraction of sp³-hybridized carbons (Fsp3) is 0.667. The molecule has 40 heavy (non-hydrogen) atoms. The van der Waals surface area contributed by atoms with Crippen LogP contribution in [-0.4, -0.2) is 59.4 Å². The van der Waals surface area contributed by atoms with Crippen LogP contribution in [0.15, 0.2) is 24.3 Å². The summed E-state index contributed by atoms with van der Waals surface area (Å²) in [5.41, 5.74) is -2.95. The first-order valence-electron chi connectivity index (χ1n) is 13.5. The lowest BCUT2D eigenvalue weighted by atomic mass is 9.73. The Labute approximate surface area is 235 Å². The van der Waals surface area contributed by atoms with Crippen molar-refractivity contribution in [2.24, 2.45) is 29.1 Å². The van der Waals surface area contributed by atoms with Crippen LogP contribution >= 0.6 is 0 Å². The van der Waals surface area contributed by atoms with Crippen molar-refractivity contribution >= 4 is 35.4 Å². The zero-order valence-electron chi connectivity index (χ0n) is 24.9. The first-order valence-corrected chi connectivity index (χ1v) is 13.5. The number of ketones is 2. The number of fused-ring (bicyclic) bond motifs is 1. The smallest absolute Gasteiger partial charge is 0.308 e. The third-order valence-electron chi connectivity index (χ3n) is 7.56. The molecule has 2 aliphatic rings. The minimum atomic E-state index is -1.89. The van der Waals surface area contributed by atoms with E-state index in [4.69, 9.17) is 18.9 Å². The van der Waals surface area contributed by atoms with E-state index in [9.17, 15) is 28.8 Å². The van der Waals surface area contributed by atoms with Gasteiger partial charge >= 0.3 is 23.9 Å². The zero-order valence-corrected chi connectivity index (χ0v) is 24.9. The molecular formula is C30H42O10. The number of allylic oxidation sites excluding steroid dienone is 2. The van der Waals surface area contributed by atoms with Gasteiger partial charge in [-0.05, 0) is 19.8 Å². The first kappa shape index (κ1) is 32.9. The largest absolute Gasteiger partial charge is 0.462 e. The van der Waals surface area contributed by atoms with Gasteiger partial charge < -0.3 is 18.9 Å². The number of carbonyl (C=O) groups is 6. The lowest BCUT2D eigenvalue weighted by Gasteiger charge is -2.41. The average Bonchev–Trinajstić information content (AvgIpc) is 3.08. The van der Waals surface area contributed by atoms with Gasteiger partial charge in [-0.3, -0.25) is 28.8 Å². The van der Waals surface area contributed by atoms with Gasteiger partial charge in [0.25, 0.3) is 0 Å². The standard InChI is InChI=1S/C30H42O10/c1-15(2)28(36)39-22-13-23(34)29(9,10)12-11-16(3)27(35)30(40-21(8)33)14-17(4)25(37-19(6)31)24(30)26(18(22)5)38-20(7)32/h11-12,15-17,22,24-26H,5,13-14H2,1-4,6-10H3. The molecule has 1 fully saturated rings. The molecule has 0 amide bonds. The van der Waals surface area contributed by atoms with Crippen molar-refractivity contribution in [3.8, 4) is 0 Å². The number of rotatable bonds is 5. The molecule has 0 aromatic rings. The second kappa shape index (κ2) is 12.5. The summed E-state index contributed by atoms with van der Waals surface area (Å²) in [6.07, 6.45) is -0.882. The van der Waals surface area contributed by atoms with E-state index in [1.165, 1.54) is 6.92 Å². The maximum Gasteiger partial charge on any atom is 0.308 e. The monoisotopic (exact) mass is 562 g/mol. The summed E-state index contributed by atoms with van der Waals surface area (Å²) >= 11 is 0. The van der Waals surface area contributed by atoms with Gasteiger partial charge in [0.15, 0.2) is 11.4 Å². The van der Waals surface area contributed by atoms with Crippen molar-refractivity contribution in [2.45, 2.75) is 99.1 Å². The molecule has 7 atom stereocenters. The number of esters is 4. The van der Waals surface area contributed by atoms with Crippen LogP contribution in [0.2, 0.25) is 0 Å². The Morgan fingerprint density at radius 2 is 1.52 bits per heavy atom. The lowest BCUT2D eigenvalue weighted by molar-refractivity contribution is -0.185. The van der Waals surface area contributed by atoms with Gasteiger partial charge in [0.2, 0.25) is 0 Å². The molecule has 0 bridgehead atoms. The minimum Gasteiger partial charge on any atom is -0.462 e. The minimum absolute atomic E-state index is 0.00568. The molecule has 0 spiro atoms. The quantitative estimate of drug-likeness (QED) is 0.277. The Hall–Kier alpha value is -3.30. The van der Waals surface area contributed by atoms with E-state index in [2.05, 4.69) is 6.58 Å². The van der Waals surface area contributed by atoms with Gasteiger partial charge in [0.1, 0.15) is 24.1 Å². The van der Waals surface area contributed by atoms with Crippen LogP contribution in [0, 0.1) is 29.1 Å². The van der Waals surface area contributed by atoms with Gasteiger partial charge in [-0.25, -0.2) is 0 Å². The van der Waals surface area contributed by atoms with Gasteiger partial charge in [-0.1, -0.05) is 46.4 Å². The molecule has 10 nitrogen and oxygen atoms in total. The molecule has 0 aromatic carbocycles. The van der Waals surface area contributed by atoms with Crippen molar-refractivity contribution in [2.75, 3.05) is 0 Å². The van der Waals surface area contributed by atoms with Gasteiger partial charge in [0, 0.05) is 50.5 Å². The molecule has 0 N–H and O–H groups in total. The predicted molar refractivity (Wildman–Crippen MR) is 143 cm³/mol. The summed E-state index contributed by atoms with van der Waals surface area (Å²) in [4.78, 5) is 77.6. The third-order valence-corrected chi connectivity index (χ3v) is 7.56. The molecule has 0 heterocycles. The predicted octanol–water partition coefficient (Wildman–Crippen LogP) is 3.69. The van der Waals surface area contributed by atoms with E-state index in [0.717, 1.165) is 13.8 Å². The maximum atomic E-state index is 14.2. The zero-order chi connectivity index (χ0) is 30.7. The number of ether oxygens (including phenoxy) is 4. The van der Waals surface area contributed by atoms with Crippen molar-refractivity contribution in [3.63, 3.8) is 0 Å². The molecule has 7 unspecified atom stereocenters. The topological polar surface area (TPSA) is 139 Å². The Balaban J connectivity index is 2.94. The van der Waals surface area contributed by atoms with Gasteiger partial charge in [0.05, 0.1) is 11.8 Å². The van der Waals surface area contributed by atoms with E-state index in [1.807, 2.05) is 0 Å². The molecule has 0 radical (unpaired) electrons. The van der Waals surface area contributed by atoms with Crippen LogP contribution in [0.4, 0.5) is 0 Å². The normalized spacial score (nSPS) is 32.4. The first-order chi connectivity index (χ1) is 18.3. The van der Waals surface area contributed by atoms with Crippen LogP contribution in [0.25, 0.3) is 0 Å². The Morgan fingerprint density at radius 1 is 0.950 bits per heavy atom. The van der Waals surface area contributed by atoms with E-state index in [0.29, 0.717) is 0 Å². The van der Waals surface area contributed by atoms with Crippen molar-refractivity contribution in [1.29, 1.82) is 0 Å². The van der Waals surface area contributed by atoms with E-state index >= 15 is 0 Å². The lowest BCUT2D eigenvalue weighted by Crippen LogP contribution is -2.57. The van der Waals surface area contributed by atoms with Crippen LogP contribution < -0.4 is 0 Å². The van der Waals surface area contributed by atoms with Crippen molar-refractivity contribution in [3.05, 3.63) is 24.3 Å². The highest BCUT2D eigenvalue weighted by Crippen LogP contribution is 2.50. The fourth-order valence-corrected chi connectivity index (χ4v) is 5.48. The van der Waals surface area contributed by atoms with Gasteiger partial charge in [-0.2, -0.15) is 0 Å². The molecule has 10 heteroatoms. The number of Topliss-reactive ketones (excluding diaryl/α,β-unsaturated/α-hetero) is 2. The van der Waals surface area contributed by atoms with E-state index < -0.39 is 82.7 Å². The second-order valence-corrected chi connectivity index (χ2v) is 11.8. The maximum absolute atomic E-state index is 14.2. The summed E-state index contributed by atoms with van der Waals surface area (Å²) in [5.74, 6) is -6.77. The van der Waals surface area contributed by atoms with Crippen LogP contribution in [0.3, 0.4) is 0 Å². The highest BCUT2D eigenvalue weighted by Gasteiger charge is 2.65. The highest BCUT2D eigenvalue weighted by atomic mass is 16.6. The Bertz CT molecular complexity index is 1100. The Morgan fingerprint density at radius 3 is 2.02 bits per heavy atom. The molecular weight excluding hydrogens is 520 g/mol. The molecule has 0 aromatic heterocycles. The summed E-state index contributed by atoms with van der Waals surface area (Å²) in [7, 11) is 0. The molecule has 0 saturated heterocycles. The van der Waals surface area contributed by atoms with E-state index in [-0.39, 0.29) is 24.2 Å². The second-order valence-electron chi connectivity index (χ2n) is 11.8. The summed E-state index contributed by atoms with van der Waals surface area (Å²) < 4.78 is 23.0. The summed E-state index contributed by atoms with van der Waals surface area (Å²) in [6, 6.07) is 0. The fourth-order valence-electron chi connectivity index (χ4n) is 5.48. The van der Waals surface area contributed by atoms with Gasteiger partial charge in [-0.15, -0.1) is 0 Å². The summed E-state index contributed by atoms with van der Waals surface area (Å²) in [6.45, 7) is 17.5. The Kier molecular flexibility index (Phi) is 10.3. The van der Waals surface area contributed by atoms with Crippen LogP contribution in [-0.2, 0) is 47.7 Å². The molecule has 1 saturated carbocycles. The highest BCUT2D eigenvalue weighted by molar-refractivity contribution is 5.94. The average molecular weight is 563 g/mol. The number of carbonyl (C=O) groups excluding carboxylic acids is 6. The van der Waals surface area contributed by atoms with Crippen molar-refractivity contribution in [1.82, 2.24) is 0 Å². The molecule has 2 aliphatic carbocycles. The van der Waals surface area contributed by atoms with E-state index in [1.54, 1.807) is 53.7 Å². The van der Waals surface area contributed by atoms with Crippen LogP contribution in [0.1, 0.15) is 75.2 Å². The molecule has 2 rings (SSSR count). The van der Waals surface area contributed by atoms with Crippen molar-refractivity contribution < 1.29 is 47.7 Å². The third kappa shape index (κ3) is 7.06. The SMILES string of the molecule is C=C1C(OC(=O)C(C)C)CC(=O)C(C)(C)C=CC(C)C(=O)C2(OC(C)=O)CC(C)C(OC(C)=O)C2C1OC(C)=O. The summed E-state index contributed by atoms with van der Waals surface area (Å²) in [5, 5.41) is 0. The molecule has 0 aliphatic heterocycles. The number of hydrogen-bond donors (Lipinski definition) is 0. The van der Waals surface area contributed by atoms with Crippen LogP contribution in [0.5, 0.6) is 0 Å². The molecule has 222 valence electrons.